The van der Waals surface area contributed by atoms with Gasteiger partial charge in [-0.25, -0.2) is 4.98 Å². The van der Waals surface area contributed by atoms with Gasteiger partial charge in [0.05, 0.1) is 18.1 Å². The van der Waals surface area contributed by atoms with Gasteiger partial charge in [-0.05, 0) is 17.9 Å². The molecule has 0 aliphatic heterocycles. The molecule has 1 amide bonds. The summed E-state index contributed by atoms with van der Waals surface area (Å²) in [6.07, 6.45) is 13.4. The van der Waals surface area contributed by atoms with Gasteiger partial charge >= 0.3 is 0 Å². The molecule has 3 rings (SSSR count). The van der Waals surface area contributed by atoms with Crippen molar-refractivity contribution in [1.29, 1.82) is 0 Å². The minimum absolute atomic E-state index is 0.0755. The zero-order valence-electron chi connectivity index (χ0n) is 16.1. The van der Waals surface area contributed by atoms with Crippen LogP contribution in [0.25, 0.3) is 0 Å². The Kier molecular flexibility index (Phi) is 7.45. The highest BCUT2D eigenvalue weighted by molar-refractivity contribution is 5.81. The first-order valence-corrected chi connectivity index (χ1v) is 10.3. The standard InChI is InChI=1S/C22H32N4O/c23-21(22(27)24-13-7-6-10-18-8-4-5-9-18)14-20-16-26(17-25-20)15-19-11-2-1-3-12-19/h1-3,11-12,16-18,21H,4-10,13-15,23H2,(H,24,27)/t21-/m0/s1. The SMILES string of the molecule is N[C@@H](Cc1cn(Cc2ccccc2)cn1)C(=O)NCCCCC1CCCC1. The van der Waals surface area contributed by atoms with Crippen molar-refractivity contribution in [3.8, 4) is 0 Å². The Bertz CT molecular complexity index is 691. The van der Waals surface area contributed by atoms with Gasteiger partial charge in [0.15, 0.2) is 0 Å². The van der Waals surface area contributed by atoms with Crippen LogP contribution in [-0.4, -0.2) is 28.0 Å². The van der Waals surface area contributed by atoms with Crippen LogP contribution in [-0.2, 0) is 17.8 Å². The van der Waals surface area contributed by atoms with E-state index < -0.39 is 6.04 Å². The molecule has 1 aromatic carbocycles. The lowest BCUT2D eigenvalue weighted by atomic mass is 10.0. The lowest BCUT2D eigenvalue weighted by Gasteiger charge is -2.12. The van der Waals surface area contributed by atoms with E-state index in [1.165, 1.54) is 44.1 Å². The van der Waals surface area contributed by atoms with Crippen molar-refractivity contribution >= 4 is 5.91 Å². The van der Waals surface area contributed by atoms with E-state index in [1.807, 2.05) is 29.0 Å². The number of carbonyl (C=O) groups excluding carboxylic acids is 1. The number of amides is 1. The molecule has 5 heteroatoms. The molecule has 1 atom stereocenters. The van der Waals surface area contributed by atoms with Crippen molar-refractivity contribution in [2.75, 3.05) is 6.54 Å². The molecule has 1 saturated carbocycles. The average molecular weight is 369 g/mol. The van der Waals surface area contributed by atoms with Crippen LogP contribution in [0.3, 0.4) is 0 Å². The Morgan fingerprint density at radius 2 is 2.00 bits per heavy atom. The zero-order valence-corrected chi connectivity index (χ0v) is 16.1. The second-order valence-corrected chi connectivity index (χ2v) is 7.77. The van der Waals surface area contributed by atoms with Crippen LogP contribution in [0.2, 0.25) is 0 Å². The van der Waals surface area contributed by atoms with E-state index in [0.29, 0.717) is 6.42 Å². The summed E-state index contributed by atoms with van der Waals surface area (Å²) in [4.78, 5) is 16.6. The summed E-state index contributed by atoms with van der Waals surface area (Å²) in [5, 5.41) is 2.98. The highest BCUT2D eigenvalue weighted by Crippen LogP contribution is 2.28. The molecular formula is C22H32N4O. The highest BCUT2D eigenvalue weighted by atomic mass is 16.2. The molecule has 1 fully saturated rings. The van der Waals surface area contributed by atoms with Crippen LogP contribution in [0.1, 0.15) is 56.2 Å². The molecule has 0 saturated heterocycles. The molecule has 1 aromatic heterocycles. The number of carbonyl (C=O) groups is 1. The third kappa shape index (κ3) is 6.51. The van der Waals surface area contributed by atoms with E-state index in [9.17, 15) is 4.79 Å². The molecule has 3 N–H and O–H groups in total. The maximum Gasteiger partial charge on any atom is 0.237 e. The van der Waals surface area contributed by atoms with Crippen LogP contribution in [0.5, 0.6) is 0 Å². The van der Waals surface area contributed by atoms with Crippen molar-refractivity contribution < 1.29 is 4.79 Å². The van der Waals surface area contributed by atoms with E-state index in [4.69, 9.17) is 5.73 Å². The molecule has 1 aliphatic carbocycles. The van der Waals surface area contributed by atoms with Gasteiger partial charge in [0, 0.05) is 25.7 Å². The van der Waals surface area contributed by atoms with E-state index in [-0.39, 0.29) is 5.91 Å². The normalized spacial score (nSPS) is 15.7. The number of nitrogens with one attached hydrogen (secondary N) is 1. The van der Waals surface area contributed by atoms with Crippen molar-refractivity contribution in [2.45, 2.75) is 64.0 Å². The van der Waals surface area contributed by atoms with Crippen LogP contribution in [0, 0.1) is 5.92 Å². The minimum atomic E-state index is -0.542. The average Bonchev–Trinajstić information content (AvgIpc) is 3.34. The maximum atomic E-state index is 12.2. The molecule has 2 aromatic rings. The lowest BCUT2D eigenvalue weighted by Crippen LogP contribution is -2.42. The summed E-state index contributed by atoms with van der Waals surface area (Å²) in [6, 6.07) is 9.70. The molecule has 5 nitrogen and oxygen atoms in total. The molecule has 146 valence electrons. The number of nitrogens with two attached hydrogens (primary N) is 1. The number of nitrogens with zero attached hydrogens (tertiary/aromatic N) is 2. The minimum Gasteiger partial charge on any atom is -0.355 e. The summed E-state index contributed by atoms with van der Waals surface area (Å²) in [6.45, 7) is 1.50. The second-order valence-electron chi connectivity index (χ2n) is 7.77. The quantitative estimate of drug-likeness (QED) is 0.632. The van der Waals surface area contributed by atoms with Crippen LogP contribution in [0.15, 0.2) is 42.9 Å². The third-order valence-electron chi connectivity index (χ3n) is 5.47. The second kappa shape index (κ2) is 10.3. The Morgan fingerprint density at radius 1 is 1.22 bits per heavy atom. The summed E-state index contributed by atoms with van der Waals surface area (Å²) in [7, 11) is 0. The fourth-order valence-corrected chi connectivity index (χ4v) is 3.91. The van der Waals surface area contributed by atoms with Crippen molar-refractivity contribution in [2.24, 2.45) is 11.7 Å². The fourth-order valence-electron chi connectivity index (χ4n) is 3.91. The monoisotopic (exact) mass is 368 g/mol. The maximum absolute atomic E-state index is 12.2. The van der Waals surface area contributed by atoms with E-state index in [2.05, 4.69) is 22.4 Å². The van der Waals surface area contributed by atoms with Gasteiger partial charge in [0.1, 0.15) is 0 Å². The number of hydrogen-bond donors (Lipinski definition) is 2. The number of hydrogen-bond acceptors (Lipinski definition) is 3. The Hall–Kier alpha value is -2.14. The fraction of sp³-hybridized carbons (Fsp3) is 0.545. The summed E-state index contributed by atoms with van der Waals surface area (Å²) >= 11 is 0. The first kappa shape index (κ1) is 19.6. The van der Waals surface area contributed by atoms with Gasteiger partial charge in [0.2, 0.25) is 5.91 Å². The topological polar surface area (TPSA) is 72.9 Å². The first-order valence-electron chi connectivity index (χ1n) is 10.3. The van der Waals surface area contributed by atoms with Crippen LogP contribution in [0.4, 0.5) is 0 Å². The van der Waals surface area contributed by atoms with Crippen molar-refractivity contribution in [3.05, 3.63) is 54.1 Å². The van der Waals surface area contributed by atoms with Crippen molar-refractivity contribution in [3.63, 3.8) is 0 Å². The molecular weight excluding hydrogens is 336 g/mol. The number of imidazole rings is 1. The van der Waals surface area contributed by atoms with E-state index in [0.717, 1.165) is 31.1 Å². The molecule has 27 heavy (non-hydrogen) atoms. The number of benzene rings is 1. The largest absolute Gasteiger partial charge is 0.355 e. The van der Waals surface area contributed by atoms with Gasteiger partial charge in [0.25, 0.3) is 0 Å². The molecule has 1 aliphatic rings. The van der Waals surface area contributed by atoms with E-state index in [1.54, 1.807) is 6.33 Å². The molecule has 0 unspecified atom stereocenters. The first-order chi connectivity index (χ1) is 13.2. The molecule has 1 heterocycles. The molecule has 0 spiro atoms. The summed E-state index contributed by atoms with van der Waals surface area (Å²) < 4.78 is 2.03. The van der Waals surface area contributed by atoms with Crippen molar-refractivity contribution in [1.82, 2.24) is 14.9 Å². The predicted octanol–water partition coefficient (Wildman–Crippen LogP) is 3.28. The highest BCUT2D eigenvalue weighted by Gasteiger charge is 2.16. The smallest absolute Gasteiger partial charge is 0.237 e. The van der Waals surface area contributed by atoms with Gasteiger partial charge in [-0.1, -0.05) is 68.9 Å². The van der Waals surface area contributed by atoms with Gasteiger partial charge in [-0.15, -0.1) is 0 Å². The van der Waals surface area contributed by atoms with Gasteiger partial charge < -0.3 is 15.6 Å². The molecule has 0 radical (unpaired) electrons. The third-order valence-corrected chi connectivity index (χ3v) is 5.47. The van der Waals surface area contributed by atoms with Gasteiger partial charge in [-0.2, -0.15) is 0 Å². The van der Waals surface area contributed by atoms with E-state index >= 15 is 0 Å². The Balaban J connectivity index is 1.34. The van der Waals surface area contributed by atoms with Crippen LogP contribution < -0.4 is 11.1 Å². The Labute approximate surface area is 162 Å². The van der Waals surface area contributed by atoms with Crippen LogP contribution >= 0.6 is 0 Å². The number of unbranched alkanes of at least 4 members (excludes halogenated alkanes) is 1. The number of aromatic nitrogens is 2. The summed E-state index contributed by atoms with van der Waals surface area (Å²) in [5.74, 6) is 0.849. The lowest BCUT2D eigenvalue weighted by molar-refractivity contribution is -0.122. The number of rotatable bonds is 10. The Morgan fingerprint density at radius 3 is 2.78 bits per heavy atom. The summed E-state index contributed by atoms with van der Waals surface area (Å²) in [5.41, 5.74) is 8.14. The zero-order chi connectivity index (χ0) is 18.9. The van der Waals surface area contributed by atoms with Gasteiger partial charge in [-0.3, -0.25) is 4.79 Å². The predicted molar refractivity (Wildman–Crippen MR) is 108 cm³/mol. The molecule has 0 bridgehead atoms.